The first kappa shape index (κ1) is 26.1. The smallest absolute Gasteiger partial charge is 0.0541 e. The number of benzene rings is 8. The van der Waals surface area contributed by atoms with E-state index >= 15 is 0 Å². The highest BCUT2D eigenvalue weighted by Crippen LogP contribution is 2.48. The molecule has 1 heteroatoms. The van der Waals surface area contributed by atoms with Crippen molar-refractivity contribution in [2.45, 2.75) is 0 Å². The molecule has 0 N–H and O–H groups in total. The van der Waals surface area contributed by atoms with Crippen molar-refractivity contribution in [1.82, 2.24) is 4.57 Å². The van der Waals surface area contributed by atoms with Gasteiger partial charge in [-0.1, -0.05) is 127 Å². The van der Waals surface area contributed by atoms with Crippen molar-refractivity contribution in [3.05, 3.63) is 176 Å². The van der Waals surface area contributed by atoms with Crippen LogP contribution in [0.15, 0.2) is 176 Å². The van der Waals surface area contributed by atoms with Crippen molar-refractivity contribution >= 4 is 32.6 Å². The van der Waals surface area contributed by atoms with Crippen molar-refractivity contribution in [3.8, 4) is 61.3 Å². The molecule has 0 fully saturated rings. The van der Waals surface area contributed by atoms with E-state index in [4.69, 9.17) is 0 Å². The van der Waals surface area contributed by atoms with Crippen LogP contribution in [-0.2, 0) is 0 Å². The minimum atomic E-state index is 1.16. The number of hydrogen-bond acceptors (Lipinski definition) is 0. The number of nitrogens with zero attached hydrogens (tertiary/aromatic N) is 1. The van der Waals surface area contributed by atoms with Crippen molar-refractivity contribution < 1.29 is 0 Å². The van der Waals surface area contributed by atoms with E-state index in [1.807, 2.05) is 0 Å². The predicted octanol–water partition coefficient (Wildman–Crippen LogP) is 12.6. The van der Waals surface area contributed by atoms with E-state index in [0.29, 0.717) is 0 Å². The van der Waals surface area contributed by atoms with Crippen LogP contribution in [0.2, 0.25) is 0 Å². The quantitative estimate of drug-likeness (QED) is 0.191. The lowest BCUT2D eigenvalue weighted by atomic mass is 9.96. The van der Waals surface area contributed by atoms with Gasteiger partial charge in [0, 0.05) is 16.5 Å². The van der Waals surface area contributed by atoms with E-state index in [2.05, 4.69) is 180 Å². The van der Waals surface area contributed by atoms with Gasteiger partial charge >= 0.3 is 0 Å². The third-order valence-electron chi connectivity index (χ3n) is 9.90. The van der Waals surface area contributed by atoms with Gasteiger partial charge in [0.2, 0.25) is 0 Å². The fourth-order valence-corrected chi connectivity index (χ4v) is 7.73. The number of aromatic nitrogens is 1. The summed E-state index contributed by atoms with van der Waals surface area (Å²) in [6.07, 6.45) is 0. The van der Waals surface area contributed by atoms with Crippen LogP contribution in [0.5, 0.6) is 0 Å². The van der Waals surface area contributed by atoms with Gasteiger partial charge < -0.3 is 4.57 Å². The first-order chi connectivity index (χ1) is 23.3. The van der Waals surface area contributed by atoms with Crippen molar-refractivity contribution in [2.24, 2.45) is 0 Å². The van der Waals surface area contributed by atoms with Gasteiger partial charge in [-0.2, -0.15) is 0 Å². The van der Waals surface area contributed by atoms with Gasteiger partial charge in [-0.25, -0.2) is 0 Å². The van der Waals surface area contributed by atoms with Crippen LogP contribution in [0.25, 0.3) is 93.9 Å². The molecule has 0 saturated heterocycles. The molecular formula is C46H29N. The molecule has 8 aromatic carbocycles. The summed E-state index contributed by atoms with van der Waals surface area (Å²) in [7, 11) is 0. The van der Waals surface area contributed by atoms with E-state index in [0.717, 1.165) is 5.69 Å². The van der Waals surface area contributed by atoms with Gasteiger partial charge in [0.15, 0.2) is 0 Å². The molecule has 9 aromatic rings. The molecule has 0 atom stereocenters. The zero-order valence-corrected chi connectivity index (χ0v) is 25.7. The van der Waals surface area contributed by atoms with Crippen LogP contribution in [0.3, 0.4) is 0 Å². The Morgan fingerprint density at radius 1 is 0.298 bits per heavy atom. The minimum absolute atomic E-state index is 1.16. The topological polar surface area (TPSA) is 4.93 Å². The average molecular weight is 596 g/mol. The molecule has 0 spiro atoms. The van der Waals surface area contributed by atoms with Crippen LogP contribution < -0.4 is 0 Å². The molecule has 1 heterocycles. The predicted molar refractivity (Wildman–Crippen MR) is 199 cm³/mol. The number of rotatable bonds is 4. The molecule has 1 aromatic heterocycles. The second kappa shape index (κ2) is 10.2. The third-order valence-corrected chi connectivity index (χ3v) is 9.90. The normalized spacial score (nSPS) is 11.8. The Labute approximate surface area is 273 Å². The summed E-state index contributed by atoms with van der Waals surface area (Å²) >= 11 is 0. The molecule has 0 unspecified atom stereocenters. The fraction of sp³-hybridized carbons (Fsp3) is 0. The molecule has 0 amide bonds. The summed E-state index contributed by atoms with van der Waals surface area (Å²) in [5.74, 6) is 0. The average Bonchev–Trinajstić information content (AvgIpc) is 3.65. The zero-order valence-electron chi connectivity index (χ0n) is 25.7. The zero-order chi connectivity index (χ0) is 30.9. The lowest BCUT2D eigenvalue weighted by molar-refractivity contribution is 1.18. The van der Waals surface area contributed by atoms with Crippen LogP contribution in [0, 0.1) is 0 Å². The maximum atomic E-state index is 2.44. The van der Waals surface area contributed by atoms with E-state index in [-0.39, 0.29) is 0 Å². The highest BCUT2D eigenvalue weighted by atomic mass is 15.0. The van der Waals surface area contributed by atoms with Gasteiger partial charge in [0.05, 0.1) is 11.0 Å². The highest BCUT2D eigenvalue weighted by molar-refractivity contribution is 6.16. The molecule has 0 radical (unpaired) electrons. The van der Waals surface area contributed by atoms with Crippen LogP contribution in [0.1, 0.15) is 0 Å². The van der Waals surface area contributed by atoms with E-state index < -0.39 is 0 Å². The van der Waals surface area contributed by atoms with Crippen molar-refractivity contribution in [2.75, 3.05) is 0 Å². The Morgan fingerprint density at radius 2 is 0.830 bits per heavy atom. The summed E-state index contributed by atoms with van der Waals surface area (Å²) in [6.45, 7) is 0. The monoisotopic (exact) mass is 595 g/mol. The maximum absolute atomic E-state index is 2.44. The first-order valence-corrected chi connectivity index (χ1v) is 16.3. The summed E-state index contributed by atoms with van der Waals surface area (Å²) < 4.78 is 2.44. The second-order valence-corrected chi connectivity index (χ2v) is 12.6. The number of fused-ring (bicyclic) bond motifs is 6. The minimum Gasteiger partial charge on any atom is -0.309 e. The third kappa shape index (κ3) is 4.03. The maximum Gasteiger partial charge on any atom is 0.0541 e. The Bertz CT molecular complexity index is 2560. The highest BCUT2D eigenvalue weighted by Gasteiger charge is 2.22. The Balaban J connectivity index is 1.18. The molecule has 0 bridgehead atoms. The molecule has 0 saturated carbocycles. The summed E-state index contributed by atoms with van der Waals surface area (Å²) in [4.78, 5) is 0. The molecule has 1 aliphatic carbocycles. The molecule has 1 nitrogen and oxygen atoms in total. The lowest BCUT2D eigenvalue weighted by Gasteiger charge is -2.12. The summed E-state index contributed by atoms with van der Waals surface area (Å²) in [5.41, 5.74) is 16.2. The van der Waals surface area contributed by atoms with Crippen LogP contribution in [-0.4, -0.2) is 4.57 Å². The van der Waals surface area contributed by atoms with Crippen LogP contribution >= 0.6 is 0 Å². The molecule has 218 valence electrons. The summed E-state index contributed by atoms with van der Waals surface area (Å²) in [5, 5.41) is 5.16. The van der Waals surface area contributed by atoms with E-state index in [1.54, 1.807) is 0 Å². The molecular weight excluding hydrogens is 567 g/mol. The fourth-order valence-electron chi connectivity index (χ4n) is 7.73. The van der Waals surface area contributed by atoms with E-state index in [9.17, 15) is 0 Å². The molecule has 10 rings (SSSR count). The van der Waals surface area contributed by atoms with E-state index in [1.165, 1.54) is 88.2 Å². The van der Waals surface area contributed by atoms with Gasteiger partial charge in [-0.15, -0.1) is 0 Å². The first-order valence-electron chi connectivity index (χ1n) is 16.3. The molecule has 1 aliphatic rings. The van der Waals surface area contributed by atoms with Gasteiger partial charge in [-0.05, 0) is 115 Å². The lowest BCUT2D eigenvalue weighted by Crippen LogP contribution is -1.94. The standard InChI is InChI=1S/C46H29N/c1-3-11-30(12-4-1)33-21-23-44-41(27-33)42-28-34(31-13-5-2-6-14-31)22-24-45(42)47(44)37-17-9-15-32(26-37)36-25-35-16-10-20-40-38-18-7-8-19-39(38)43(29-36)46(35)40/h1-29H. The second-order valence-electron chi connectivity index (χ2n) is 12.6. The van der Waals surface area contributed by atoms with Crippen LogP contribution in [0.4, 0.5) is 0 Å². The SMILES string of the molecule is c1ccc(-c2ccc3c(c2)c2cc(-c4ccccc4)ccc2n3-c2cccc(-c3cc4c5c(cccc5c3)-c3ccccc3-4)c2)cc1. The van der Waals surface area contributed by atoms with Crippen molar-refractivity contribution in [1.29, 1.82) is 0 Å². The largest absolute Gasteiger partial charge is 0.309 e. The van der Waals surface area contributed by atoms with Gasteiger partial charge in [0.1, 0.15) is 0 Å². The Morgan fingerprint density at radius 3 is 1.49 bits per heavy atom. The Kier molecular flexibility index (Phi) is 5.64. The molecule has 47 heavy (non-hydrogen) atoms. The number of hydrogen-bond donors (Lipinski definition) is 0. The molecule has 0 aliphatic heterocycles. The Hall–Kier alpha value is -6.18. The van der Waals surface area contributed by atoms with Crippen molar-refractivity contribution in [3.63, 3.8) is 0 Å². The summed E-state index contributed by atoms with van der Waals surface area (Å²) in [6, 6.07) is 64.5. The van der Waals surface area contributed by atoms with Gasteiger partial charge in [0.25, 0.3) is 0 Å². The van der Waals surface area contributed by atoms with Gasteiger partial charge in [-0.3, -0.25) is 0 Å².